The number of ether oxygens (including phenoxy) is 1. The molecule has 2 aromatic carbocycles. The van der Waals surface area contributed by atoms with Crippen LogP contribution in [-0.4, -0.2) is 52.7 Å². The van der Waals surface area contributed by atoms with Gasteiger partial charge in [0.1, 0.15) is 11.8 Å². The summed E-state index contributed by atoms with van der Waals surface area (Å²) in [4.78, 5) is 26.3. The van der Waals surface area contributed by atoms with E-state index in [1.807, 2.05) is 0 Å². The van der Waals surface area contributed by atoms with Crippen molar-refractivity contribution in [2.75, 3.05) is 18.6 Å². The van der Waals surface area contributed by atoms with Crippen molar-refractivity contribution >= 4 is 37.5 Å². The van der Waals surface area contributed by atoms with Crippen molar-refractivity contribution in [1.29, 1.82) is 0 Å². The van der Waals surface area contributed by atoms with Gasteiger partial charge in [-0.25, -0.2) is 26.9 Å². The number of hydrogen-bond acceptors (Lipinski definition) is 7. The Morgan fingerprint density at radius 1 is 1.06 bits per heavy atom. The second-order valence-electron chi connectivity index (χ2n) is 6.87. The highest BCUT2D eigenvalue weighted by Crippen LogP contribution is 2.30. The number of amides is 2. The summed E-state index contributed by atoms with van der Waals surface area (Å²) in [6, 6.07) is 9.18. The number of nitrogens with zero attached hydrogens (tertiary/aromatic N) is 2. The molecule has 0 bridgehead atoms. The minimum absolute atomic E-state index is 0.0728. The third-order valence-electron chi connectivity index (χ3n) is 4.87. The lowest BCUT2D eigenvalue weighted by Crippen LogP contribution is -2.45. The van der Waals surface area contributed by atoms with Gasteiger partial charge in [-0.15, -0.1) is 6.58 Å². The summed E-state index contributed by atoms with van der Waals surface area (Å²) in [6.07, 6.45) is 0.946. The summed E-state index contributed by atoms with van der Waals surface area (Å²) in [7, 11) is -6.66. The lowest BCUT2D eigenvalue weighted by molar-refractivity contribution is -0.122. The smallest absolute Gasteiger partial charge is 0.252 e. The largest absolute Gasteiger partial charge is 0.497 e. The van der Waals surface area contributed by atoms with Gasteiger partial charge in [0.05, 0.1) is 29.0 Å². The Hall–Kier alpha value is -3.06. The van der Waals surface area contributed by atoms with Gasteiger partial charge in [-0.1, -0.05) is 6.08 Å². The van der Waals surface area contributed by atoms with Gasteiger partial charge in [0.15, 0.2) is 0 Å². The summed E-state index contributed by atoms with van der Waals surface area (Å²) in [5, 5.41) is 5.07. The Labute approximate surface area is 186 Å². The molecule has 2 aromatic rings. The van der Waals surface area contributed by atoms with Crippen molar-refractivity contribution in [3.05, 3.63) is 61.2 Å². The van der Waals surface area contributed by atoms with Crippen LogP contribution in [0.2, 0.25) is 0 Å². The van der Waals surface area contributed by atoms with Crippen LogP contribution in [0.3, 0.4) is 0 Å². The predicted molar refractivity (Wildman–Crippen MR) is 116 cm³/mol. The molecule has 3 rings (SSSR count). The number of nitrogens with two attached hydrogens (primary N) is 1. The molecule has 1 fully saturated rings. The number of carbonyl (C=O) groups is 2. The van der Waals surface area contributed by atoms with Gasteiger partial charge in [-0.2, -0.15) is 4.31 Å². The molecule has 2 N–H and O–H groups in total. The molecule has 0 aliphatic carbocycles. The number of rotatable bonds is 8. The zero-order valence-corrected chi connectivity index (χ0v) is 18.7. The highest BCUT2D eigenvalue weighted by Gasteiger charge is 2.46. The number of methoxy groups -OCH3 is 1. The van der Waals surface area contributed by atoms with Crippen LogP contribution in [0.5, 0.6) is 5.75 Å². The van der Waals surface area contributed by atoms with Crippen molar-refractivity contribution in [2.24, 2.45) is 5.14 Å². The van der Waals surface area contributed by atoms with Gasteiger partial charge in [0, 0.05) is 6.54 Å². The van der Waals surface area contributed by atoms with Crippen LogP contribution in [-0.2, 0) is 29.6 Å². The normalized spacial score (nSPS) is 17.1. The lowest BCUT2D eigenvalue weighted by Gasteiger charge is -2.25. The minimum Gasteiger partial charge on any atom is -0.497 e. The van der Waals surface area contributed by atoms with Crippen molar-refractivity contribution in [3.63, 3.8) is 0 Å². The molecule has 0 aromatic heterocycles. The Morgan fingerprint density at radius 3 is 2.12 bits per heavy atom. The third kappa shape index (κ3) is 4.43. The van der Waals surface area contributed by atoms with E-state index in [4.69, 9.17) is 9.88 Å². The fraction of sp³-hybridized carbons (Fsp3) is 0.200. The van der Waals surface area contributed by atoms with Gasteiger partial charge in [0.25, 0.3) is 5.91 Å². The first kappa shape index (κ1) is 23.6. The standard InChI is InChI=1S/C20H21N3O7S2/c1-3-12-22(32(28,29)17-10-6-15(30-2)7-11-17)18-13-19(24)23(20(18)25)14-4-8-16(9-5-14)31(21,26)27/h3-11,18H,1,12-13H2,2H3,(H2,21,26,27). The van der Waals surface area contributed by atoms with Crippen LogP contribution in [0.1, 0.15) is 6.42 Å². The van der Waals surface area contributed by atoms with Crippen LogP contribution in [0.25, 0.3) is 0 Å². The van der Waals surface area contributed by atoms with Crippen LogP contribution >= 0.6 is 0 Å². The number of anilines is 1. The summed E-state index contributed by atoms with van der Waals surface area (Å²) in [5.41, 5.74) is 0.107. The minimum atomic E-state index is -4.15. The Morgan fingerprint density at radius 2 is 1.62 bits per heavy atom. The molecule has 1 saturated heterocycles. The Bertz CT molecular complexity index is 1260. The van der Waals surface area contributed by atoms with Crippen molar-refractivity contribution in [3.8, 4) is 5.75 Å². The molecule has 1 aliphatic heterocycles. The first-order valence-electron chi connectivity index (χ1n) is 9.27. The van der Waals surface area contributed by atoms with Crippen LogP contribution in [0.15, 0.2) is 71.0 Å². The topological polar surface area (TPSA) is 144 Å². The quantitative estimate of drug-likeness (QED) is 0.436. The Kier molecular flexibility index (Phi) is 6.51. The highest BCUT2D eigenvalue weighted by molar-refractivity contribution is 7.89. The van der Waals surface area contributed by atoms with Gasteiger partial charge in [-0.05, 0) is 48.5 Å². The summed E-state index contributed by atoms with van der Waals surface area (Å²) in [6.45, 7) is 3.36. The Balaban J connectivity index is 1.95. The molecule has 2 amide bonds. The van der Waals surface area contributed by atoms with Gasteiger partial charge in [0.2, 0.25) is 26.0 Å². The van der Waals surface area contributed by atoms with E-state index in [9.17, 15) is 26.4 Å². The average Bonchev–Trinajstić information content (AvgIpc) is 3.04. The molecular formula is C20H21N3O7S2. The van der Waals surface area contributed by atoms with Gasteiger partial charge < -0.3 is 4.74 Å². The molecule has 12 heteroatoms. The molecule has 1 heterocycles. The second kappa shape index (κ2) is 8.82. The molecule has 1 atom stereocenters. The van der Waals surface area contributed by atoms with E-state index in [1.165, 1.54) is 49.6 Å². The molecular weight excluding hydrogens is 458 g/mol. The van der Waals surface area contributed by atoms with Crippen molar-refractivity contribution < 1.29 is 31.2 Å². The van der Waals surface area contributed by atoms with Crippen LogP contribution < -0.4 is 14.8 Å². The van der Waals surface area contributed by atoms with E-state index in [0.29, 0.717) is 5.75 Å². The van der Waals surface area contributed by atoms with E-state index in [1.54, 1.807) is 0 Å². The maximum Gasteiger partial charge on any atom is 0.252 e. The first-order valence-corrected chi connectivity index (χ1v) is 12.3. The number of sulfonamides is 2. The zero-order chi connectivity index (χ0) is 23.7. The first-order chi connectivity index (χ1) is 15.0. The third-order valence-corrected chi connectivity index (χ3v) is 7.69. The van der Waals surface area contributed by atoms with E-state index < -0.39 is 37.9 Å². The van der Waals surface area contributed by atoms with Crippen molar-refractivity contribution in [2.45, 2.75) is 22.3 Å². The fourth-order valence-electron chi connectivity index (χ4n) is 3.30. The SMILES string of the molecule is C=CCN(C1CC(=O)N(c2ccc(S(N)(=O)=O)cc2)C1=O)S(=O)(=O)c1ccc(OC)cc1. The van der Waals surface area contributed by atoms with Gasteiger partial charge >= 0.3 is 0 Å². The highest BCUT2D eigenvalue weighted by atomic mass is 32.2. The van der Waals surface area contributed by atoms with E-state index in [2.05, 4.69) is 6.58 Å². The number of hydrogen-bond donors (Lipinski definition) is 1. The lowest BCUT2D eigenvalue weighted by atomic mass is 10.2. The number of benzene rings is 2. The molecule has 170 valence electrons. The average molecular weight is 480 g/mol. The summed E-state index contributed by atoms with van der Waals surface area (Å²) in [5.74, 6) is -0.917. The van der Waals surface area contributed by atoms with Crippen molar-refractivity contribution in [1.82, 2.24) is 4.31 Å². The molecule has 0 radical (unpaired) electrons. The molecule has 1 aliphatic rings. The summed E-state index contributed by atoms with van der Waals surface area (Å²) >= 11 is 0. The second-order valence-corrected chi connectivity index (χ2v) is 10.3. The monoisotopic (exact) mass is 479 g/mol. The summed E-state index contributed by atoms with van der Waals surface area (Å²) < 4.78 is 55.3. The molecule has 10 nitrogen and oxygen atoms in total. The molecule has 32 heavy (non-hydrogen) atoms. The number of primary sulfonamides is 1. The molecule has 0 spiro atoms. The van der Waals surface area contributed by atoms with Gasteiger partial charge in [-0.3, -0.25) is 9.59 Å². The fourth-order valence-corrected chi connectivity index (χ4v) is 5.37. The number of carbonyl (C=O) groups excluding carboxylic acids is 2. The molecule has 1 unspecified atom stereocenters. The van der Waals surface area contributed by atoms with Crippen LogP contribution in [0.4, 0.5) is 5.69 Å². The predicted octanol–water partition coefficient (Wildman–Crippen LogP) is 0.851. The molecule has 0 saturated carbocycles. The maximum atomic E-state index is 13.2. The zero-order valence-electron chi connectivity index (χ0n) is 17.0. The number of imide groups is 1. The van der Waals surface area contributed by atoms with E-state index >= 15 is 0 Å². The van der Waals surface area contributed by atoms with E-state index in [-0.39, 0.29) is 28.4 Å². The van der Waals surface area contributed by atoms with Crippen LogP contribution in [0, 0.1) is 0 Å². The maximum absolute atomic E-state index is 13.2. The van der Waals surface area contributed by atoms with E-state index in [0.717, 1.165) is 21.3 Å².